The van der Waals surface area contributed by atoms with Gasteiger partial charge in [-0.1, -0.05) is 26.0 Å². The lowest BCUT2D eigenvalue weighted by Crippen LogP contribution is -2.35. The van der Waals surface area contributed by atoms with Crippen LogP contribution in [-0.4, -0.2) is 38.5 Å². The van der Waals surface area contributed by atoms with E-state index in [1.807, 2.05) is 24.3 Å². The van der Waals surface area contributed by atoms with Crippen molar-refractivity contribution in [2.75, 3.05) is 6.61 Å². The molecule has 1 aromatic carbocycles. The van der Waals surface area contributed by atoms with Gasteiger partial charge in [-0.3, -0.25) is 4.79 Å². The number of nitrogens with zero attached hydrogens (tertiary/aromatic N) is 2. The van der Waals surface area contributed by atoms with E-state index in [0.29, 0.717) is 5.92 Å². The molecule has 0 bridgehead atoms. The van der Waals surface area contributed by atoms with E-state index in [-0.39, 0.29) is 18.1 Å². The minimum absolute atomic E-state index is 0.0618. The molecule has 6 heteroatoms. The Morgan fingerprint density at radius 2 is 1.91 bits per heavy atom. The first-order valence-corrected chi connectivity index (χ1v) is 7.23. The maximum absolute atomic E-state index is 12.0. The van der Waals surface area contributed by atoms with Crippen molar-refractivity contribution in [2.45, 2.75) is 32.7 Å². The minimum Gasteiger partial charge on any atom is -0.504 e. The fourth-order valence-corrected chi connectivity index (χ4v) is 2.01. The summed E-state index contributed by atoms with van der Waals surface area (Å²) in [5.41, 5.74) is 1.90. The summed E-state index contributed by atoms with van der Waals surface area (Å²) in [6.07, 6.45) is 1.39. The maximum atomic E-state index is 12.0. The van der Waals surface area contributed by atoms with Crippen LogP contribution >= 0.6 is 0 Å². The van der Waals surface area contributed by atoms with Crippen LogP contribution in [0.2, 0.25) is 0 Å². The SMILES string of the molecule is CC(CO)NC(=O)c1nn(-c2ccc(C(C)C)cc2)cc1O. The molecule has 0 radical (unpaired) electrons. The molecular formula is C16H21N3O3. The standard InChI is InChI=1S/C16H21N3O3/c1-10(2)12-4-6-13(7-5-12)19-8-14(21)15(18-19)16(22)17-11(3)9-20/h4-8,10-11,20-21H,9H2,1-3H3,(H,17,22). The molecule has 1 unspecified atom stereocenters. The Hall–Kier alpha value is -2.34. The monoisotopic (exact) mass is 303 g/mol. The van der Waals surface area contributed by atoms with Crippen molar-refractivity contribution >= 4 is 5.91 Å². The van der Waals surface area contributed by atoms with E-state index in [4.69, 9.17) is 5.11 Å². The second-order valence-electron chi connectivity index (χ2n) is 5.61. The Bertz CT molecular complexity index is 647. The predicted octanol–water partition coefficient (Wildman–Crippen LogP) is 1.81. The first kappa shape index (κ1) is 16.0. The van der Waals surface area contributed by atoms with Crippen LogP contribution in [0.25, 0.3) is 5.69 Å². The van der Waals surface area contributed by atoms with Crippen LogP contribution in [0.1, 0.15) is 42.7 Å². The molecule has 0 aliphatic carbocycles. The Balaban J connectivity index is 2.23. The van der Waals surface area contributed by atoms with E-state index in [9.17, 15) is 9.90 Å². The molecular weight excluding hydrogens is 282 g/mol. The predicted molar refractivity (Wildman–Crippen MR) is 83.3 cm³/mol. The Kier molecular flexibility index (Phi) is 4.82. The summed E-state index contributed by atoms with van der Waals surface area (Å²) in [6.45, 7) is 5.71. The quantitative estimate of drug-likeness (QED) is 0.786. The fourth-order valence-electron chi connectivity index (χ4n) is 2.01. The number of aromatic hydroxyl groups is 1. The lowest BCUT2D eigenvalue weighted by atomic mass is 10.0. The van der Waals surface area contributed by atoms with E-state index < -0.39 is 11.9 Å². The van der Waals surface area contributed by atoms with Gasteiger partial charge in [-0.05, 0) is 30.5 Å². The van der Waals surface area contributed by atoms with Crippen molar-refractivity contribution in [1.82, 2.24) is 15.1 Å². The molecule has 1 atom stereocenters. The zero-order valence-corrected chi connectivity index (χ0v) is 12.9. The normalized spacial score (nSPS) is 12.4. The number of nitrogens with one attached hydrogen (secondary N) is 1. The second-order valence-corrected chi connectivity index (χ2v) is 5.61. The van der Waals surface area contributed by atoms with Crippen LogP contribution in [0.5, 0.6) is 5.75 Å². The molecule has 0 aliphatic heterocycles. The average molecular weight is 303 g/mol. The van der Waals surface area contributed by atoms with E-state index in [2.05, 4.69) is 24.3 Å². The summed E-state index contributed by atoms with van der Waals surface area (Å²) in [5.74, 6) is -0.284. The highest BCUT2D eigenvalue weighted by molar-refractivity contribution is 5.95. The molecule has 0 aliphatic rings. The van der Waals surface area contributed by atoms with Crippen molar-refractivity contribution < 1.29 is 15.0 Å². The van der Waals surface area contributed by atoms with Gasteiger partial charge in [-0.15, -0.1) is 0 Å². The van der Waals surface area contributed by atoms with Crippen LogP contribution in [0, 0.1) is 0 Å². The molecule has 6 nitrogen and oxygen atoms in total. The number of rotatable bonds is 5. The summed E-state index contributed by atoms with van der Waals surface area (Å²) in [4.78, 5) is 12.0. The largest absolute Gasteiger partial charge is 0.504 e. The Labute approximate surface area is 129 Å². The molecule has 0 saturated carbocycles. The van der Waals surface area contributed by atoms with Crippen molar-refractivity contribution in [3.05, 3.63) is 41.7 Å². The van der Waals surface area contributed by atoms with Gasteiger partial charge in [-0.25, -0.2) is 4.68 Å². The number of carbonyl (C=O) groups excluding carboxylic acids is 1. The number of benzene rings is 1. The number of aromatic nitrogens is 2. The molecule has 0 fully saturated rings. The summed E-state index contributed by atoms with van der Waals surface area (Å²) in [7, 11) is 0. The minimum atomic E-state index is -0.517. The summed E-state index contributed by atoms with van der Waals surface area (Å²) >= 11 is 0. The summed E-state index contributed by atoms with van der Waals surface area (Å²) in [6, 6.07) is 7.36. The van der Waals surface area contributed by atoms with Crippen molar-refractivity contribution in [1.29, 1.82) is 0 Å². The van der Waals surface area contributed by atoms with Crippen LogP contribution in [0.15, 0.2) is 30.5 Å². The molecule has 0 saturated heterocycles. The third kappa shape index (κ3) is 3.46. The number of carbonyl (C=O) groups is 1. The molecule has 2 aromatic rings. The van der Waals surface area contributed by atoms with Gasteiger partial charge in [0.15, 0.2) is 11.4 Å². The van der Waals surface area contributed by atoms with Gasteiger partial charge in [0.25, 0.3) is 5.91 Å². The van der Waals surface area contributed by atoms with Crippen molar-refractivity contribution in [3.8, 4) is 11.4 Å². The lowest BCUT2D eigenvalue weighted by Gasteiger charge is -2.09. The topological polar surface area (TPSA) is 87.4 Å². The maximum Gasteiger partial charge on any atom is 0.275 e. The number of hydrogen-bond donors (Lipinski definition) is 3. The van der Waals surface area contributed by atoms with E-state index in [1.54, 1.807) is 6.92 Å². The number of aliphatic hydroxyl groups excluding tert-OH is 1. The van der Waals surface area contributed by atoms with E-state index in [0.717, 1.165) is 5.69 Å². The van der Waals surface area contributed by atoms with Gasteiger partial charge in [0, 0.05) is 6.04 Å². The van der Waals surface area contributed by atoms with Gasteiger partial charge in [0.2, 0.25) is 0 Å². The summed E-state index contributed by atoms with van der Waals surface area (Å²) < 4.78 is 1.46. The summed E-state index contributed by atoms with van der Waals surface area (Å²) in [5, 5.41) is 25.5. The van der Waals surface area contributed by atoms with Gasteiger partial charge in [0.1, 0.15) is 0 Å². The van der Waals surface area contributed by atoms with Crippen molar-refractivity contribution in [2.24, 2.45) is 0 Å². The van der Waals surface area contributed by atoms with Crippen LogP contribution in [-0.2, 0) is 0 Å². The van der Waals surface area contributed by atoms with E-state index in [1.165, 1.54) is 16.4 Å². The molecule has 3 N–H and O–H groups in total. The first-order chi connectivity index (χ1) is 10.4. The van der Waals surface area contributed by atoms with Crippen LogP contribution < -0.4 is 5.32 Å². The van der Waals surface area contributed by atoms with Gasteiger partial charge >= 0.3 is 0 Å². The zero-order chi connectivity index (χ0) is 16.3. The number of amides is 1. The highest BCUT2D eigenvalue weighted by Gasteiger charge is 2.18. The molecule has 0 spiro atoms. The zero-order valence-electron chi connectivity index (χ0n) is 12.9. The molecule has 22 heavy (non-hydrogen) atoms. The fraction of sp³-hybridized carbons (Fsp3) is 0.375. The molecule has 1 amide bonds. The smallest absolute Gasteiger partial charge is 0.275 e. The van der Waals surface area contributed by atoms with Gasteiger partial charge in [0.05, 0.1) is 18.5 Å². The van der Waals surface area contributed by atoms with E-state index >= 15 is 0 Å². The molecule has 1 heterocycles. The molecule has 1 aromatic heterocycles. The Morgan fingerprint density at radius 3 is 2.45 bits per heavy atom. The highest BCUT2D eigenvalue weighted by Crippen LogP contribution is 2.20. The average Bonchev–Trinajstić information content (AvgIpc) is 2.89. The third-order valence-electron chi connectivity index (χ3n) is 3.39. The highest BCUT2D eigenvalue weighted by atomic mass is 16.3. The van der Waals surface area contributed by atoms with Crippen LogP contribution in [0.3, 0.4) is 0 Å². The number of aliphatic hydroxyl groups is 1. The Morgan fingerprint density at radius 1 is 1.27 bits per heavy atom. The lowest BCUT2D eigenvalue weighted by molar-refractivity contribution is 0.0914. The first-order valence-electron chi connectivity index (χ1n) is 7.23. The van der Waals surface area contributed by atoms with Crippen LogP contribution in [0.4, 0.5) is 0 Å². The van der Waals surface area contributed by atoms with Gasteiger partial charge < -0.3 is 15.5 Å². The third-order valence-corrected chi connectivity index (χ3v) is 3.39. The van der Waals surface area contributed by atoms with Gasteiger partial charge in [-0.2, -0.15) is 5.10 Å². The number of hydrogen-bond acceptors (Lipinski definition) is 4. The molecule has 118 valence electrons. The second kappa shape index (κ2) is 6.62. The van der Waals surface area contributed by atoms with Crippen molar-refractivity contribution in [3.63, 3.8) is 0 Å². The molecule has 2 rings (SSSR count).